The molecule has 0 unspecified atom stereocenters. The van der Waals surface area contributed by atoms with Crippen LogP contribution in [0, 0.1) is 24.0 Å². The molecule has 2 aromatic rings. The molecule has 2 rings (SSSR count). The Hall–Kier alpha value is -2.26. The number of hydrogen-bond donors (Lipinski definition) is 1. The summed E-state index contributed by atoms with van der Waals surface area (Å²) >= 11 is 0. The van der Waals surface area contributed by atoms with Crippen molar-refractivity contribution in [1.29, 1.82) is 0 Å². The first-order chi connectivity index (χ1) is 10.8. The van der Waals surface area contributed by atoms with Crippen LogP contribution in [0.1, 0.15) is 23.9 Å². The van der Waals surface area contributed by atoms with Crippen LogP contribution >= 0.6 is 0 Å². The van der Waals surface area contributed by atoms with Gasteiger partial charge in [0.05, 0.1) is 15.5 Å². The normalized spacial score (nSPS) is 11.6. The topological polar surface area (TPSA) is 107 Å². The van der Waals surface area contributed by atoms with Gasteiger partial charge < -0.3 is 0 Å². The van der Waals surface area contributed by atoms with Crippen molar-refractivity contribution in [1.82, 2.24) is 14.5 Å². The van der Waals surface area contributed by atoms with Crippen LogP contribution < -0.4 is 4.72 Å². The Bertz CT molecular complexity index is 825. The fraction of sp³-hybridized carbons (Fsp3) is 0.357. The number of aromatic nitrogens is 2. The van der Waals surface area contributed by atoms with Crippen molar-refractivity contribution in [3.05, 3.63) is 51.3 Å². The average molecular weight is 338 g/mol. The van der Waals surface area contributed by atoms with Crippen molar-refractivity contribution in [3.63, 3.8) is 0 Å². The van der Waals surface area contributed by atoms with E-state index in [0.29, 0.717) is 6.54 Å². The first-order valence-corrected chi connectivity index (χ1v) is 8.51. The number of nitrogens with one attached hydrogen (secondary N) is 1. The van der Waals surface area contributed by atoms with Crippen LogP contribution in [-0.4, -0.2) is 23.1 Å². The second-order valence-electron chi connectivity index (χ2n) is 5.04. The minimum absolute atomic E-state index is 0.0127. The minimum atomic E-state index is -3.74. The summed E-state index contributed by atoms with van der Waals surface area (Å²) in [7, 11) is -3.74. The molecule has 0 bridgehead atoms. The minimum Gasteiger partial charge on any atom is -0.270 e. The Kier molecular flexibility index (Phi) is 4.81. The van der Waals surface area contributed by atoms with E-state index in [2.05, 4.69) is 9.82 Å². The molecule has 1 heterocycles. The Morgan fingerprint density at radius 1 is 1.26 bits per heavy atom. The zero-order valence-electron chi connectivity index (χ0n) is 13.1. The van der Waals surface area contributed by atoms with Crippen LogP contribution in [0.25, 0.3) is 0 Å². The van der Waals surface area contributed by atoms with Gasteiger partial charge in [-0.3, -0.25) is 14.8 Å². The summed E-state index contributed by atoms with van der Waals surface area (Å²) in [6.45, 7) is 6.51. The molecule has 0 fully saturated rings. The van der Waals surface area contributed by atoms with Gasteiger partial charge in [-0.15, -0.1) is 0 Å². The zero-order valence-corrected chi connectivity index (χ0v) is 13.9. The van der Waals surface area contributed by atoms with Crippen LogP contribution in [-0.2, 0) is 23.1 Å². The van der Waals surface area contributed by atoms with Gasteiger partial charge in [0.1, 0.15) is 0 Å². The van der Waals surface area contributed by atoms with E-state index in [1.807, 2.05) is 25.5 Å². The highest BCUT2D eigenvalue weighted by molar-refractivity contribution is 7.89. The van der Waals surface area contributed by atoms with E-state index >= 15 is 0 Å². The summed E-state index contributed by atoms with van der Waals surface area (Å²) in [6, 6.07) is 4.77. The predicted molar refractivity (Wildman–Crippen MR) is 84.5 cm³/mol. The van der Waals surface area contributed by atoms with E-state index in [1.165, 1.54) is 24.3 Å². The van der Waals surface area contributed by atoms with E-state index in [4.69, 9.17) is 0 Å². The lowest BCUT2D eigenvalue weighted by Gasteiger charge is -2.07. The Labute approximate surface area is 134 Å². The first-order valence-electron chi connectivity index (χ1n) is 7.03. The quantitative estimate of drug-likeness (QED) is 0.639. The molecule has 1 N–H and O–H groups in total. The van der Waals surface area contributed by atoms with Gasteiger partial charge in [-0.2, -0.15) is 5.10 Å². The van der Waals surface area contributed by atoms with E-state index in [0.717, 1.165) is 17.0 Å². The van der Waals surface area contributed by atoms with Crippen LogP contribution in [0.5, 0.6) is 0 Å². The van der Waals surface area contributed by atoms with Crippen molar-refractivity contribution >= 4 is 15.7 Å². The second kappa shape index (κ2) is 6.47. The van der Waals surface area contributed by atoms with Crippen molar-refractivity contribution in [2.24, 2.45) is 0 Å². The second-order valence-corrected chi connectivity index (χ2v) is 6.81. The van der Waals surface area contributed by atoms with Gasteiger partial charge in [0.2, 0.25) is 10.0 Å². The lowest BCUT2D eigenvalue weighted by Crippen LogP contribution is -2.23. The maximum atomic E-state index is 12.3. The Morgan fingerprint density at radius 2 is 1.87 bits per heavy atom. The third-order valence-corrected chi connectivity index (χ3v) is 5.04. The van der Waals surface area contributed by atoms with E-state index in [-0.39, 0.29) is 17.1 Å². The predicted octanol–water partition coefficient (Wildman–Crippen LogP) is 1.91. The molecule has 1 aromatic heterocycles. The van der Waals surface area contributed by atoms with Crippen molar-refractivity contribution in [2.45, 2.75) is 38.8 Å². The molecule has 8 nitrogen and oxygen atoms in total. The highest BCUT2D eigenvalue weighted by Crippen LogP contribution is 2.17. The number of aryl methyl sites for hydroxylation is 2. The van der Waals surface area contributed by atoms with Crippen LogP contribution in [0.4, 0.5) is 5.69 Å². The molecular formula is C14H18N4O4S. The van der Waals surface area contributed by atoms with E-state index in [9.17, 15) is 18.5 Å². The van der Waals surface area contributed by atoms with Gasteiger partial charge in [-0.05, 0) is 32.9 Å². The average Bonchev–Trinajstić information content (AvgIpc) is 2.79. The highest BCUT2D eigenvalue weighted by Gasteiger charge is 2.18. The smallest absolute Gasteiger partial charge is 0.269 e. The lowest BCUT2D eigenvalue weighted by atomic mass is 10.2. The fourth-order valence-electron chi connectivity index (χ4n) is 2.30. The third kappa shape index (κ3) is 3.57. The standard InChI is InChI=1S/C14H18N4O4S/c1-4-17-11(3)14(10(2)16-17)9-15-23(21,22)13-7-5-12(6-8-13)18(19)20/h5-8,15H,4,9H2,1-3H3. The van der Waals surface area contributed by atoms with Gasteiger partial charge >= 0.3 is 0 Å². The Morgan fingerprint density at radius 3 is 2.35 bits per heavy atom. The van der Waals surface area contributed by atoms with Crippen molar-refractivity contribution in [2.75, 3.05) is 0 Å². The zero-order chi connectivity index (χ0) is 17.2. The molecule has 0 atom stereocenters. The van der Waals surface area contributed by atoms with Crippen LogP contribution in [0.2, 0.25) is 0 Å². The monoisotopic (exact) mass is 338 g/mol. The van der Waals surface area contributed by atoms with Gasteiger partial charge in [0.15, 0.2) is 0 Å². The highest BCUT2D eigenvalue weighted by atomic mass is 32.2. The molecule has 0 saturated heterocycles. The largest absolute Gasteiger partial charge is 0.270 e. The summed E-state index contributed by atoms with van der Waals surface area (Å²) in [5.74, 6) is 0. The van der Waals surface area contributed by atoms with Crippen molar-refractivity contribution in [3.8, 4) is 0 Å². The fourth-order valence-corrected chi connectivity index (χ4v) is 3.29. The van der Waals surface area contributed by atoms with Gasteiger partial charge in [0.25, 0.3) is 5.69 Å². The SMILES string of the molecule is CCn1nc(C)c(CNS(=O)(=O)c2ccc([N+](=O)[O-])cc2)c1C. The number of rotatable bonds is 6. The van der Waals surface area contributed by atoms with Gasteiger partial charge in [-0.25, -0.2) is 13.1 Å². The maximum absolute atomic E-state index is 12.3. The molecular weight excluding hydrogens is 320 g/mol. The maximum Gasteiger partial charge on any atom is 0.269 e. The number of non-ortho nitro benzene ring substituents is 1. The summed E-state index contributed by atoms with van der Waals surface area (Å²) in [4.78, 5) is 10.0. The van der Waals surface area contributed by atoms with E-state index in [1.54, 1.807) is 0 Å². The molecule has 9 heteroatoms. The number of hydrogen-bond acceptors (Lipinski definition) is 5. The van der Waals surface area contributed by atoms with Gasteiger partial charge in [-0.1, -0.05) is 0 Å². The molecule has 0 aliphatic carbocycles. The summed E-state index contributed by atoms with van der Waals surface area (Å²) < 4.78 is 28.9. The Balaban J connectivity index is 2.19. The number of sulfonamides is 1. The molecule has 0 spiro atoms. The number of nitro benzene ring substituents is 1. The molecule has 0 aliphatic rings. The third-order valence-electron chi connectivity index (χ3n) is 3.63. The molecule has 23 heavy (non-hydrogen) atoms. The van der Waals surface area contributed by atoms with Crippen LogP contribution in [0.15, 0.2) is 29.2 Å². The molecule has 124 valence electrons. The number of nitro groups is 1. The summed E-state index contributed by atoms with van der Waals surface area (Å²) in [5.41, 5.74) is 2.37. The molecule has 0 aliphatic heterocycles. The van der Waals surface area contributed by atoms with E-state index < -0.39 is 14.9 Å². The molecule has 0 radical (unpaired) electrons. The molecule has 1 aromatic carbocycles. The van der Waals surface area contributed by atoms with Gasteiger partial charge in [0, 0.05) is 36.5 Å². The first kappa shape index (κ1) is 17.1. The van der Waals surface area contributed by atoms with Crippen molar-refractivity contribution < 1.29 is 13.3 Å². The van der Waals surface area contributed by atoms with Crippen LogP contribution in [0.3, 0.4) is 0 Å². The molecule has 0 amide bonds. The number of benzene rings is 1. The number of nitrogens with zero attached hydrogens (tertiary/aromatic N) is 3. The molecule has 0 saturated carbocycles. The summed E-state index contributed by atoms with van der Waals surface area (Å²) in [6.07, 6.45) is 0. The lowest BCUT2D eigenvalue weighted by molar-refractivity contribution is -0.384. The summed E-state index contributed by atoms with van der Waals surface area (Å²) in [5, 5.41) is 14.9.